The molecule has 0 aliphatic rings. The van der Waals surface area contributed by atoms with Crippen molar-refractivity contribution in [3.8, 4) is 11.6 Å². The van der Waals surface area contributed by atoms with Gasteiger partial charge in [0.2, 0.25) is 11.8 Å². The fourth-order valence-electron chi connectivity index (χ4n) is 2.20. The lowest BCUT2D eigenvalue weighted by Gasteiger charge is -2.18. The van der Waals surface area contributed by atoms with E-state index in [9.17, 15) is 4.79 Å². The molecule has 2 rings (SSSR count). The second kappa shape index (κ2) is 7.93. The summed E-state index contributed by atoms with van der Waals surface area (Å²) in [5.41, 5.74) is 8.66. The number of nitrogens with one attached hydrogen (secondary N) is 1. The zero-order valence-corrected chi connectivity index (χ0v) is 14.7. The van der Waals surface area contributed by atoms with Gasteiger partial charge in [-0.15, -0.1) is 0 Å². The van der Waals surface area contributed by atoms with Crippen LogP contribution in [0.15, 0.2) is 36.5 Å². The van der Waals surface area contributed by atoms with Gasteiger partial charge in [-0.05, 0) is 43.0 Å². The zero-order valence-electron chi connectivity index (χ0n) is 14.7. The molecule has 24 heavy (non-hydrogen) atoms. The molecule has 1 amide bonds. The van der Waals surface area contributed by atoms with Gasteiger partial charge in [0, 0.05) is 24.0 Å². The number of rotatable bonds is 6. The van der Waals surface area contributed by atoms with Crippen LogP contribution in [0.5, 0.6) is 11.6 Å². The van der Waals surface area contributed by atoms with E-state index in [2.05, 4.69) is 10.3 Å². The van der Waals surface area contributed by atoms with E-state index in [-0.39, 0.29) is 11.8 Å². The average Bonchev–Trinajstić information content (AvgIpc) is 2.56. The Labute approximate surface area is 143 Å². The van der Waals surface area contributed by atoms with Gasteiger partial charge < -0.3 is 15.8 Å². The number of ether oxygens (including phenoxy) is 1. The predicted octanol–water partition coefficient (Wildman–Crippen LogP) is 3.80. The summed E-state index contributed by atoms with van der Waals surface area (Å²) in [5, 5.41) is 2.86. The van der Waals surface area contributed by atoms with Gasteiger partial charge >= 0.3 is 0 Å². The van der Waals surface area contributed by atoms with Gasteiger partial charge in [-0.25, -0.2) is 4.98 Å². The lowest BCUT2D eigenvalue weighted by Crippen LogP contribution is -2.40. The molecule has 0 radical (unpaired) electrons. The van der Waals surface area contributed by atoms with Crippen LogP contribution in [0.1, 0.15) is 31.4 Å². The molecule has 5 nitrogen and oxygen atoms in total. The fourth-order valence-corrected chi connectivity index (χ4v) is 2.20. The summed E-state index contributed by atoms with van der Waals surface area (Å²) in [6.07, 6.45) is 2.56. The summed E-state index contributed by atoms with van der Waals surface area (Å²) in [4.78, 5) is 16.4. The molecule has 0 aliphatic heterocycles. The largest absolute Gasteiger partial charge is 0.439 e. The number of hydrogen-bond donors (Lipinski definition) is 2. The first-order valence-electron chi connectivity index (χ1n) is 8.18. The number of pyridine rings is 1. The second-order valence-corrected chi connectivity index (χ2v) is 6.15. The quantitative estimate of drug-likeness (QED) is 0.846. The standard InChI is InChI=1S/C19H25N3O2/c1-5-13(3)18(20)19(23)22-15-7-6-14(4)16(11-15)24-17-10-12(2)8-9-21-17/h6-11,13,18H,5,20H2,1-4H3,(H,22,23). The third-order valence-electron chi connectivity index (χ3n) is 4.12. The molecule has 0 bridgehead atoms. The molecule has 0 aliphatic carbocycles. The monoisotopic (exact) mass is 327 g/mol. The average molecular weight is 327 g/mol. The summed E-state index contributed by atoms with van der Waals surface area (Å²) >= 11 is 0. The Balaban J connectivity index is 2.15. The van der Waals surface area contributed by atoms with Gasteiger partial charge in [0.1, 0.15) is 5.75 Å². The maximum Gasteiger partial charge on any atom is 0.241 e. The number of nitrogens with two attached hydrogens (primary N) is 1. The number of hydrogen-bond acceptors (Lipinski definition) is 4. The van der Waals surface area contributed by atoms with Gasteiger partial charge in [0.25, 0.3) is 0 Å². The number of anilines is 1. The Morgan fingerprint density at radius 3 is 2.71 bits per heavy atom. The van der Waals surface area contributed by atoms with E-state index in [1.165, 1.54) is 0 Å². The predicted molar refractivity (Wildman–Crippen MR) is 96.3 cm³/mol. The van der Waals surface area contributed by atoms with E-state index >= 15 is 0 Å². The Morgan fingerprint density at radius 2 is 2.04 bits per heavy atom. The normalized spacial score (nSPS) is 13.2. The van der Waals surface area contributed by atoms with Crippen LogP contribution in [-0.2, 0) is 4.79 Å². The minimum atomic E-state index is -0.529. The van der Waals surface area contributed by atoms with Gasteiger partial charge in [-0.2, -0.15) is 0 Å². The van der Waals surface area contributed by atoms with Crippen LogP contribution in [0.4, 0.5) is 5.69 Å². The number of carbonyl (C=O) groups is 1. The highest BCUT2D eigenvalue weighted by atomic mass is 16.5. The third kappa shape index (κ3) is 4.55. The molecule has 0 saturated carbocycles. The van der Waals surface area contributed by atoms with E-state index in [1.807, 2.05) is 52.0 Å². The summed E-state index contributed by atoms with van der Waals surface area (Å²) in [6.45, 7) is 7.91. The van der Waals surface area contributed by atoms with Crippen molar-refractivity contribution in [2.75, 3.05) is 5.32 Å². The summed E-state index contributed by atoms with van der Waals surface area (Å²) in [7, 11) is 0. The molecule has 1 aromatic heterocycles. The Hall–Kier alpha value is -2.40. The molecule has 1 heterocycles. The molecule has 5 heteroatoms. The van der Waals surface area contributed by atoms with Crippen molar-refractivity contribution in [2.45, 2.75) is 40.2 Å². The first-order valence-corrected chi connectivity index (χ1v) is 8.18. The van der Waals surface area contributed by atoms with Crippen molar-refractivity contribution in [3.63, 3.8) is 0 Å². The van der Waals surface area contributed by atoms with Crippen molar-refractivity contribution < 1.29 is 9.53 Å². The van der Waals surface area contributed by atoms with E-state index in [4.69, 9.17) is 10.5 Å². The summed E-state index contributed by atoms with van der Waals surface area (Å²) in [5.74, 6) is 1.12. The van der Waals surface area contributed by atoms with E-state index in [0.29, 0.717) is 17.3 Å². The molecule has 1 aromatic carbocycles. The maximum absolute atomic E-state index is 12.2. The SMILES string of the molecule is CCC(C)C(N)C(=O)Nc1ccc(C)c(Oc2cc(C)ccn2)c1. The van der Waals surface area contributed by atoms with Crippen molar-refractivity contribution in [3.05, 3.63) is 47.7 Å². The van der Waals surface area contributed by atoms with Crippen LogP contribution in [0.2, 0.25) is 0 Å². The lowest BCUT2D eigenvalue weighted by atomic mass is 9.99. The van der Waals surface area contributed by atoms with Crippen LogP contribution in [-0.4, -0.2) is 16.9 Å². The number of carbonyl (C=O) groups excluding carboxylic acids is 1. The van der Waals surface area contributed by atoms with Gasteiger partial charge in [-0.3, -0.25) is 4.79 Å². The van der Waals surface area contributed by atoms with Crippen LogP contribution >= 0.6 is 0 Å². The summed E-state index contributed by atoms with van der Waals surface area (Å²) < 4.78 is 5.85. The molecular formula is C19H25N3O2. The van der Waals surface area contributed by atoms with E-state index in [1.54, 1.807) is 12.3 Å². The highest BCUT2D eigenvalue weighted by Gasteiger charge is 2.19. The molecule has 128 valence electrons. The molecule has 2 aromatic rings. The number of aromatic nitrogens is 1. The number of amides is 1. The number of nitrogens with zero attached hydrogens (tertiary/aromatic N) is 1. The van der Waals surface area contributed by atoms with Crippen molar-refractivity contribution >= 4 is 11.6 Å². The smallest absolute Gasteiger partial charge is 0.241 e. The van der Waals surface area contributed by atoms with Gasteiger partial charge in [0.05, 0.1) is 6.04 Å². The molecule has 3 N–H and O–H groups in total. The van der Waals surface area contributed by atoms with Crippen LogP contribution in [0, 0.1) is 19.8 Å². The number of benzene rings is 1. The Kier molecular flexibility index (Phi) is 5.93. The summed E-state index contributed by atoms with van der Waals surface area (Å²) in [6, 6.07) is 8.78. The topological polar surface area (TPSA) is 77.2 Å². The van der Waals surface area contributed by atoms with Gasteiger partial charge in [0.15, 0.2) is 0 Å². The van der Waals surface area contributed by atoms with Crippen LogP contribution in [0.25, 0.3) is 0 Å². The molecular weight excluding hydrogens is 302 g/mol. The van der Waals surface area contributed by atoms with Crippen molar-refractivity contribution in [2.24, 2.45) is 11.7 Å². The minimum Gasteiger partial charge on any atom is -0.439 e. The number of aryl methyl sites for hydroxylation is 2. The molecule has 2 unspecified atom stereocenters. The molecule has 0 saturated heterocycles. The Morgan fingerprint density at radius 1 is 1.29 bits per heavy atom. The zero-order chi connectivity index (χ0) is 17.7. The highest BCUT2D eigenvalue weighted by molar-refractivity contribution is 5.95. The molecule has 0 fully saturated rings. The molecule has 0 spiro atoms. The fraction of sp³-hybridized carbons (Fsp3) is 0.368. The van der Waals surface area contributed by atoms with Crippen molar-refractivity contribution in [1.82, 2.24) is 4.98 Å². The highest BCUT2D eigenvalue weighted by Crippen LogP contribution is 2.27. The lowest BCUT2D eigenvalue weighted by molar-refractivity contribution is -0.118. The second-order valence-electron chi connectivity index (χ2n) is 6.15. The van der Waals surface area contributed by atoms with E-state index < -0.39 is 6.04 Å². The third-order valence-corrected chi connectivity index (χ3v) is 4.12. The van der Waals surface area contributed by atoms with Gasteiger partial charge in [-0.1, -0.05) is 26.3 Å². The molecule has 2 atom stereocenters. The van der Waals surface area contributed by atoms with Crippen LogP contribution in [0.3, 0.4) is 0 Å². The minimum absolute atomic E-state index is 0.127. The maximum atomic E-state index is 12.2. The van der Waals surface area contributed by atoms with E-state index in [0.717, 1.165) is 17.5 Å². The van der Waals surface area contributed by atoms with Crippen molar-refractivity contribution in [1.29, 1.82) is 0 Å². The Bertz CT molecular complexity index is 716. The van der Waals surface area contributed by atoms with Crippen LogP contribution < -0.4 is 15.8 Å². The first kappa shape index (κ1) is 17.9. The first-order chi connectivity index (χ1) is 11.4.